The monoisotopic (exact) mass is 469 g/mol. The second-order valence-corrected chi connectivity index (χ2v) is 8.12. The van der Waals surface area contributed by atoms with Crippen molar-refractivity contribution < 1.29 is 19.4 Å². The molecule has 0 fully saturated rings. The quantitative estimate of drug-likeness (QED) is 0.140. The number of phenols is 1. The first-order valence-electron chi connectivity index (χ1n) is 11.4. The van der Waals surface area contributed by atoms with E-state index in [1.165, 1.54) is 0 Å². The molecule has 184 valence electrons. The zero-order chi connectivity index (χ0) is 24.8. The van der Waals surface area contributed by atoms with Crippen LogP contribution in [0.25, 0.3) is 0 Å². The van der Waals surface area contributed by atoms with Crippen molar-refractivity contribution in [1.82, 2.24) is 16.0 Å². The van der Waals surface area contributed by atoms with Crippen LogP contribution in [0.3, 0.4) is 0 Å². The van der Waals surface area contributed by atoms with Crippen LogP contribution in [0.15, 0.2) is 54.6 Å². The van der Waals surface area contributed by atoms with E-state index in [2.05, 4.69) is 16.0 Å². The number of carbonyl (C=O) groups excluding carboxylic acids is 2. The maximum absolute atomic E-state index is 13.1. The number of hydrogen-bond acceptors (Lipinski definition) is 5. The Morgan fingerprint density at radius 1 is 1.06 bits per heavy atom. The number of rotatable bonds is 14. The lowest BCUT2D eigenvalue weighted by Gasteiger charge is -2.23. The zero-order valence-corrected chi connectivity index (χ0v) is 19.5. The van der Waals surface area contributed by atoms with Crippen LogP contribution >= 0.6 is 0 Å². The van der Waals surface area contributed by atoms with E-state index in [1.54, 1.807) is 31.4 Å². The van der Waals surface area contributed by atoms with E-state index in [4.69, 9.17) is 15.9 Å². The van der Waals surface area contributed by atoms with Crippen molar-refractivity contribution in [3.63, 3.8) is 0 Å². The van der Waals surface area contributed by atoms with Crippen molar-refractivity contribution in [3.8, 4) is 5.75 Å². The highest BCUT2D eigenvalue weighted by Crippen LogP contribution is 2.11. The fraction of sp³-hybridized carbons (Fsp3) is 0.400. The molecule has 0 heterocycles. The van der Waals surface area contributed by atoms with Crippen LogP contribution in [0.1, 0.15) is 30.4 Å². The normalized spacial score (nSPS) is 12.4. The Kier molecular flexibility index (Phi) is 11.4. The van der Waals surface area contributed by atoms with Gasteiger partial charge in [0.2, 0.25) is 11.8 Å². The molecule has 0 aliphatic heterocycles. The number of nitrogens with one attached hydrogen (secondary N) is 4. The maximum Gasteiger partial charge on any atom is 0.242 e. The Morgan fingerprint density at radius 3 is 2.41 bits per heavy atom. The van der Waals surface area contributed by atoms with Gasteiger partial charge in [0.15, 0.2) is 5.96 Å². The number of nitrogens with two attached hydrogens (primary N) is 1. The summed E-state index contributed by atoms with van der Waals surface area (Å²) in [4.78, 5) is 25.7. The molecule has 9 nitrogen and oxygen atoms in total. The second kappa shape index (κ2) is 14.5. The second-order valence-electron chi connectivity index (χ2n) is 8.12. The summed E-state index contributed by atoms with van der Waals surface area (Å²) in [5.41, 5.74) is 7.31. The Hall–Kier alpha value is -3.59. The van der Waals surface area contributed by atoms with Gasteiger partial charge in [-0.3, -0.25) is 15.0 Å². The smallest absolute Gasteiger partial charge is 0.242 e. The summed E-state index contributed by atoms with van der Waals surface area (Å²) in [6, 6.07) is 15.5. The summed E-state index contributed by atoms with van der Waals surface area (Å²) in [5.74, 6) is -0.481. The van der Waals surface area contributed by atoms with Crippen molar-refractivity contribution in [1.29, 1.82) is 5.41 Å². The van der Waals surface area contributed by atoms with E-state index in [9.17, 15) is 14.7 Å². The van der Waals surface area contributed by atoms with Gasteiger partial charge in [-0.2, -0.15) is 0 Å². The molecule has 0 radical (unpaired) electrons. The number of benzene rings is 2. The first kappa shape index (κ1) is 26.7. The predicted molar refractivity (Wildman–Crippen MR) is 131 cm³/mol. The number of carbonyl (C=O) groups is 2. The third kappa shape index (κ3) is 10.4. The summed E-state index contributed by atoms with van der Waals surface area (Å²) in [7, 11) is 1.58. The van der Waals surface area contributed by atoms with Gasteiger partial charge in [0.05, 0.1) is 12.6 Å². The molecule has 2 unspecified atom stereocenters. The molecule has 2 aromatic carbocycles. The van der Waals surface area contributed by atoms with E-state index < -0.39 is 6.04 Å². The van der Waals surface area contributed by atoms with Crippen LogP contribution < -0.4 is 21.7 Å². The lowest BCUT2D eigenvalue weighted by molar-refractivity contribution is -0.129. The number of aryl methyl sites for hydroxylation is 1. The lowest BCUT2D eigenvalue weighted by Crippen LogP contribution is -2.51. The fourth-order valence-electron chi connectivity index (χ4n) is 3.54. The minimum Gasteiger partial charge on any atom is -0.508 e. The molecule has 0 saturated carbocycles. The highest BCUT2D eigenvalue weighted by atomic mass is 16.5. The molecule has 9 heteroatoms. The third-order valence-corrected chi connectivity index (χ3v) is 5.25. The summed E-state index contributed by atoms with van der Waals surface area (Å²) in [5, 5.41) is 25.2. The third-order valence-electron chi connectivity index (χ3n) is 5.25. The average Bonchev–Trinajstić information content (AvgIpc) is 2.81. The van der Waals surface area contributed by atoms with Gasteiger partial charge in [-0.1, -0.05) is 42.5 Å². The van der Waals surface area contributed by atoms with Gasteiger partial charge >= 0.3 is 0 Å². The van der Waals surface area contributed by atoms with Gasteiger partial charge in [-0.25, -0.2) is 0 Å². The van der Waals surface area contributed by atoms with Crippen LogP contribution in [0.5, 0.6) is 5.75 Å². The van der Waals surface area contributed by atoms with Crippen molar-refractivity contribution in [3.05, 3.63) is 65.7 Å². The molecular formula is C25H35N5O4. The van der Waals surface area contributed by atoms with Crippen LogP contribution in [0, 0.1) is 5.41 Å². The van der Waals surface area contributed by atoms with Gasteiger partial charge in [0, 0.05) is 20.1 Å². The Bertz CT molecular complexity index is 905. The standard InChI is InChI=1S/C25H35N5O4/c1-34-17-20(16-19-6-3-2-4-7-19)29-24(33)22(8-5-15-28-25(26)27)30-23(32)14-11-18-9-12-21(31)13-10-18/h2-4,6-7,9-10,12-13,20,22,31H,5,8,11,14-17H2,1H3,(H,29,33)(H,30,32)(H4,26,27,28). The Balaban J connectivity index is 1.98. The number of hydrogen-bond donors (Lipinski definition) is 6. The SMILES string of the molecule is COCC(Cc1ccccc1)NC(=O)C(CCCNC(=N)N)NC(=O)CCc1ccc(O)cc1. The number of methoxy groups -OCH3 is 1. The molecule has 0 bridgehead atoms. The number of ether oxygens (including phenoxy) is 1. The molecular weight excluding hydrogens is 434 g/mol. The van der Waals surface area contributed by atoms with E-state index in [1.807, 2.05) is 30.3 Å². The van der Waals surface area contributed by atoms with Gasteiger partial charge in [-0.15, -0.1) is 0 Å². The molecule has 2 atom stereocenters. The highest BCUT2D eigenvalue weighted by molar-refractivity contribution is 5.87. The first-order chi connectivity index (χ1) is 16.4. The molecule has 0 aromatic heterocycles. The van der Waals surface area contributed by atoms with E-state index >= 15 is 0 Å². The minimum absolute atomic E-state index is 0.137. The Labute approximate surface area is 200 Å². The topological polar surface area (TPSA) is 150 Å². The number of guanidine groups is 1. The van der Waals surface area contributed by atoms with Crippen molar-refractivity contribution in [2.24, 2.45) is 5.73 Å². The molecule has 0 aliphatic carbocycles. The molecule has 0 saturated heterocycles. The van der Waals surface area contributed by atoms with Gasteiger partial charge in [0.25, 0.3) is 0 Å². The lowest BCUT2D eigenvalue weighted by atomic mass is 10.0. The summed E-state index contributed by atoms with van der Waals surface area (Å²) in [6.45, 7) is 0.766. The molecule has 0 aliphatic rings. The zero-order valence-electron chi connectivity index (χ0n) is 19.5. The van der Waals surface area contributed by atoms with Gasteiger partial charge in [0.1, 0.15) is 11.8 Å². The van der Waals surface area contributed by atoms with Gasteiger partial charge in [-0.05, 0) is 48.9 Å². The van der Waals surface area contributed by atoms with Crippen molar-refractivity contribution >= 4 is 17.8 Å². The summed E-state index contributed by atoms with van der Waals surface area (Å²) in [6.07, 6.45) is 2.25. The molecule has 2 aromatic rings. The molecule has 34 heavy (non-hydrogen) atoms. The van der Waals surface area contributed by atoms with Crippen LogP contribution in [0.2, 0.25) is 0 Å². The van der Waals surface area contributed by atoms with Crippen LogP contribution in [-0.2, 0) is 27.2 Å². The first-order valence-corrected chi connectivity index (χ1v) is 11.4. The fourth-order valence-corrected chi connectivity index (χ4v) is 3.54. The molecule has 7 N–H and O–H groups in total. The van der Waals surface area contributed by atoms with E-state index in [0.717, 1.165) is 11.1 Å². The number of phenolic OH excluding ortho intramolecular Hbond substituents is 1. The molecule has 2 rings (SSSR count). The van der Waals surface area contributed by atoms with E-state index in [0.29, 0.717) is 38.8 Å². The van der Waals surface area contributed by atoms with Crippen LogP contribution in [-0.4, -0.2) is 55.2 Å². The molecule has 2 amide bonds. The minimum atomic E-state index is -0.726. The Morgan fingerprint density at radius 2 is 1.76 bits per heavy atom. The summed E-state index contributed by atoms with van der Waals surface area (Å²) < 4.78 is 5.29. The van der Waals surface area contributed by atoms with Crippen molar-refractivity contribution in [2.75, 3.05) is 20.3 Å². The largest absolute Gasteiger partial charge is 0.508 e. The molecule has 0 spiro atoms. The predicted octanol–water partition coefficient (Wildman–Crippen LogP) is 1.45. The maximum atomic E-state index is 13.1. The average molecular weight is 470 g/mol. The number of aromatic hydroxyl groups is 1. The number of amides is 2. The van der Waals surface area contributed by atoms with Gasteiger partial charge < -0.3 is 31.5 Å². The van der Waals surface area contributed by atoms with Crippen molar-refractivity contribution in [2.45, 2.75) is 44.2 Å². The van der Waals surface area contributed by atoms with Crippen LogP contribution in [0.4, 0.5) is 0 Å². The summed E-state index contributed by atoms with van der Waals surface area (Å²) >= 11 is 0. The van der Waals surface area contributed by atoms with E-state index in [-0.39, 0.29) is 36.0 Å². The highest BCUT2D eigenvalue weighted by Gasteiger charge is 2.23.